The molecule has 0 saturated heterocycles. The van der Waals surface area contributed by atoms with Gasteiger partial charge in [0.1, 0.15) is 5.82 Å². The number of nitrogens with one attached hydrogen (secondary N) is 1. The Morgan fingerprint density at radius 2 is 2.19 bits per heavy atom. The summed E-state index contributed by atoms with van der Waals surface area (Å²) in [4.78, 5) is 10.7. The highest BCUT2D eigenvalue weighted by Crippen LogP contribution is 2.23. The van der Waals surface area contributed by atoms with E-state index >= 15 is 0 Å². The zero-order valence-electron chi connectivity index (χ0n) is 8.80. The lowest BCUT2D eigenvalue weighted by Gasteiger charge is -2.30. The van der Waals surface area contributed by atoms with E-state index in [1.807, 2.05) is 42.9 Å². The van der Waals surface area contributed by atoms with E-state index in [1.54, 1.807) is 0 Å². The Labute approximate surface area is 94.0 Å². The van der Waals surface area contributed by atoms with Crippen molar-refractivity contribution in [3.63, 3.8) is 0 Å². The van der Waals surface area contributed by atoms with Crippen molar-refractivity contribution >= 4 is 11.5 Å². The molecule has 1 N–H and O–H groups in total. The molecule has 16 heavy (non-hydrogen) atoms. The molecule has 0 unspecified atom stereocenters. The number of nitrogens with zero attached hydrogens (tertiary/aromatic N) is 3. The first-order valence-corrected chi connectivity index (χ1v) is 5.26. The van der Waals surface area contributed by atoms with Gasteiger partial charge < -0.3 is 10.2 Å². The molecule has 0 saturated carbocycles. The van der Waals surface area contributed by atoms with Crippen LogP contribution in [-0.2, 0) is 6.54 Å². The summed E-state index contributed by atoms with van der Waals surface area (Å²) >= 11 is 0. The molecule has 0 spiro atoms. The summed E-state index contributed by atoms with van der Waals surface area (Å²) in [7, 11) is 0. The van der Waals surface area contributed by atoms with E-state index in [1.165, 1.54) is 11.3 Å². The smallest absolute Gasteiger partial charge is 0.130 e. The molecule has 0 bridgehead atoms. The van der Waals surface area contributed by atoms with Gasteiger partial charge in [-0.2, -0.15) is 0 Å². The predicted molar refractivity (Wildman–Crippen MR) is 63.1 cm³/mol. The molecule has 1 aliphatic rings. The normalized spacial score (nSPS) is 14.1. The van der Waals surface area contributed by atoms with E-state index in [9.17, 15) is 0 Å². The molecule has 1 aliphatic heterocycles. The van der Waals surface area contributed by atoms with Crippen LogP contribution in [0.25, 0.3) is 0 Å². The van der Waals surface area contributed by atoms with Gasteiger partial charge in [-0.25, -0.2) is 4.98 Å². The van der Waals surface area contributed by atoms with Crippen LogP contribution in [0.2, 0.25) is 0 Å². The minimum atomic E-state index is 0.786. The van der Waals surface area contributed by atoms with Crippen molar-refractivity contribution in [2.24, 2.45) is 0 Å². The highest BCUT2D eigenvalue weighted by Gasteiger charge is 2.15. The number of anilines is 2. The maximum absolute atomic E-state index is 4.34. The maximum Gasteiger partial charge on any atom is 0.130 e. The van der Waals surface area contributed by atoms with Gasteiger partial charge >= 0.3 is 0 Å². The average molecular weight is 212 g/mol. The van der Waals surface area contributed by atoms with Crippen molar-refractivity contribution in [3.8, 4) is 0 Å². The maximum atomic E-state index is 4.34. The molecule has 80 valence electrons. The van der Waals surface area contributed by atoms with Crippen LogP contribution in [0.15, 0.2) is 42.9 Å². The second-order valence-electron chi connectivity index (χ2n) is 3.75. The third-order valence-corrected chi connectivity index (χ3v) is 2.70. The summed E-state index contributed by atoms with van der Waals surface area (Å²) in [6.45, 7) is 1.64. The zero-order chi connectivity index (χ0) is 10.8. The first-order chi connectivity index (χ1) is 7.93. The van der Waals surface area contributed by atoms with Crippen LogP contribution in [0.1, 0.15) is 5.56 Å². The highest BCUT2D eigenvalue weighted by molar-refractivity contribution is 5.56. The Morgan fingerprint density at radius 3 is 3.06 bits per heavy atom. The lowest BCUT2D eigenvalue weighted by atomic mass is 10.2. The van der Waals surface area contributed by atoms with E-state index in [2.05, 4.69) is 20.2 Å². The number of fused-ring (bicyclic) bond motifs is 1. The van der Waals surface area contributed by atoms with E-state index in [0.717, 1.165) is 19.0 Å². The van der Waals surface area contributed by atoms with Crippen molar-refractivity contribution in [1.29, 1.82) is 0 Å². The SMILES string of the molecule is c1ccc(N2CNc3ccncc3C2)nc1. The second-order valence-corrected chi connectivity index (χ2v) is 3.75. The first kappa shape index (κ1) is 9.15. The highest BCUT2D eigenvalue weighted by atomic mass is 15.3. The van der Waals surface area contributed by atoms with Gasteiger partial charge in [0, 0.05) is 36.4 Å². The topological polar surface area (TPSA) is 41.0 Å². The van der Waals surface area contributed by atoms with Crippen molar-refractivity contribution in [1.82, 2.24) is 9.97 Å². The minimum absolute atomic E-state index is 0.786. The summed E-state index contributed by atoms with van der Waals surface area (Å²) in [5, 5.41) is 3.36. The number of rotatable bonds is 1. The molecule has 0 amide bonds. The van der Waals surface area contributed by atoms with Gasteiger partial charge in [-0.1, -0.05) is 6.07 Å². The third kappa shape index (κ3) is 1.58. The third-order valence-electron chi connectivity index (χ3n) is 2.70. The Bertz CT molecular complexity index is 483. The number of aromatic nitrogens is 2. The molecule has 4 heteroatoms. The van der Waals surface area contributed by atoms with E-state index < -0.39 is 0 Å². The van der Waals surface area contributed by atoms with Gasteiger partial charge in [0.15, 0.2) is 0 Å². The summed E-state index contributed by atoms with van der Waals surface area (Å²) in [6.07, 6.45) is 5.52. The zero-order valence-corrected chi connectivity index (χ0v) is 8.80. The molecule has 0 aliphatic carbocycles. The lowest BCUT2D eigenvalue weighted by Crippen LogP contribution is -2.34. The van der Waals surface area contributed by atoms with Crippen LogP contribution in [0, 0.1) is 0 Å². The molecule has 3 heterocycles. The molecule has 0 fully saturated rings. The van der Waals surface area contributed by atoms with Crippen LogP contribution in [0.3, 0.4) is 0 Å². The molecule has 2 aromatic heterocycles. The summed E-state index contributed by atoms with van der Waals surface area (Å²) in [5.74, 6) is 0.990. The van der Waals surface area contributed by atoms with Crippen LogP contribution in [-0.4, -0.2) is 16.6 Å². The van der Waals surface area contributed by atoms with Gasteiger partial charge in [0.2, 0.25) is 0 Å². The quantitative estimate of drug-likeness (QED) is 0.783. The molecule has 0 atom stereocenters. The van der Waals surface area contributed by atoms with Crippen molar-refractivity contribution in [3.05, 3.63) is 48.4 Å². The lowest BCUT2D eigenvalue weighted by molar-refractivity contribution is 0.790. The van der Waals surface area contributed by atoms with Gasteiger partial charge in [0.05, 0.1) is 6.67 Å². The largest absolute Gasteiger partial charge is 0.367 e. The van der Waals surface area contributed by atoms with E-state index in [0.29, 0.717) is 0 Å². The van der Waals surface area contributed by atoms with E-state index in [-0.39, 0.29) is 0 Å². The van der Waals surface area contributed by atoms with Gasteiger partial charge in [-0.05, 0) is 18.2 Å². The Morgan fingerprint density at radius 1 is 1.19 bits per heavy atom. The first-order valence-electron chi connectivity index (χ1n) is 5.26. The standard InChI is InChI=1S/C12H12N4/c1-2-5-14-12(3-1)16-8-10-7-13-6-4-11(10)15-9-16/h1-7,15H,8-9H2. The Hall–Kier alpha value is -2.10. The molecule has 0 radical (unpaired) electrons. The second kappa shape index (κ2) is 3.81. The van der Waals surface area contributed by atoms with Gasteiger partial charge in [0.25, 0.3) is 0 Å². The van der Waals surface area contributed by atoms with Crippen LogP contribution in [0.4, 0.5) is 11.5 Å². The minimum Gasteiger partial charge on any atom is -0.367 e. The van der Waals surface area contributed by atoms with Crippen LogP contribution in [0.5, 0.6) is 0 Å². The molecular formula is C12H12N4. The monoisotopic (exact) mass is 212 g/mol. The number of pyridine rings is 2. The fraction of sp³-hybridized carbons (Fsp3) is 0.167. The summed E-state index contributed by atoms with van der Waals surface area (Å²) in [5.41, 5.74) is 2.38. The predicted octanol–water partition coefficient (Wildman–Crippen LogP) is 1.87. The average Bonchev–Trinajstić information content (AvgIpc) is 2.39. The Kier molecular flexibility index (Phi) is 2.18. The summed E-state index contributed by atoms with van der Waals surface area (Å²) in [6, 6.07) is 7.95. The number of hydrogen-bond donors (Lipinski definition) is 1. The summed E-state index contributed by atoms with van der Waals surface area (Å²) < 4.78 is 0. The van der Waals surface area contributed by atoms with Crippen molar-refractivity contribution in [2.75, 3.05) is 16.9 Å². The number of hydrogen-bond acceptors (Lipinski definition) is 4. The fourth-order valence-electron chi connectivity index (χ4n) is 1.87. The van der Waals surface area contributed by atoms with Crippen molar-refractivity contribution < 1.29 is 0 Å². The molecular weight excluding hydrogens is 200 g/mol. The molecule has 4 nitrogen and oxygen atoms in total. The van der Waals surface area contributed by atoms with E-state index in [4.69, 9.17) is 0 Å². The van der Waals surface area contributed by atoms with Crippen LogP contribution >= 0.6 is 0 Å². The molecule has 3 rings (SSSR count). The van der Waals surface area contributed by atoms with Crippen molar-refractivity contribution in [2.45, 2.75) is 6.54 Å². The molecule has 0 aromatic carbocycles. The van der Waals surface area contributed by atoms with Gasteiger partial charge in [-0.3, -0.25) is 4.98 Å². The van der Waals surface area contributed by atoms with Crippen LogP contribution < -0.4 is 10.2 Å². The fourth-order valence-corrected chi connectivity index (χ4v) is 1.87. The Balaban J connectivity index is 1.89. The molecule has 2 aromatic rings. The van der Waals surface area contributed by atoms with Gasteiger partial charge in [-0.15, -0.1) is 0 Å².